The number of hydrogen-bond donors (Lipinski definition) is 1. The van der Waals surface area contributed by atoms with Crippen LogP contribution in [0.15, 0.2) is 53.6 Å². The average Bonchev–Trinajstić information content (AvgIpc) is 2.87. The Bertz CT molecular complexity index is 867. The molecular formula is C20H20N2O2. The minimum absolute atomic E-state index is 0.0892. The first-order valence-corrected chi connectivity index (χ1v) is 8.41. The predicted octanol–water partition coefficient (Wildman–Crippen LogP) is 3.14. The second-order valence-corrected chi connectivity index (χ2v) is 6.65. The molecule has 1 N–H and O–H groups in total. The Morgan fingerprint density at radius 1 is 1.17 bits per heavy atom. The molecule has 0 aliphatic carbocycles. The second kappa shape index (κ2) is 5.78. The van der Waals surface area contributed by atoms with Crippen molar-refractivity contribution in [1.29, 1.82) is 0 Å². The monoisotopic (exact) mass is 320 g/mol. The van der Waals surface area contributed by atoms with E-state index in [4.69, 9.17) is 0 Å². The Labute approximate surface area is 140 Å². The van der Waals surface area contributed by atoms with Crippen molar-refractivity contribution in [3.8, 4) is 0 Å². The van der Waals surface area contributed by atoms with Gasteiger partial charge in [0.05, 0.1) is 6.04 Å². The molecule has 0 spiro atoms. The van der Waals surface area contributed by atoms with Gasteiger partial charge in [-0.1, -0.05) is 36.4 Å². The molecular weight excluding hydrogens is 300 g/mol. The number of amides is 1. The highest BCUT2D eigenvalue weighted by atomic mass is 16.2. The van der Waals surface area contributed by atoms with Crippen molar-refractivity contribution < 1.29 is 4.79 Å². The summed E-state index contributed by atoms with van der Waals surface area (Å²) in [6.45, 7) is 1.73. The molecule has 2 unspecified atom stereocenters. The lowest BCUT2D eigenvalue weighted by molar-refractivity contribution is 0.0690. The largest absolute Gasteiger partial charge is 0.366 e. The van der Waals surface area contributed by atoms with Crippen LogP contribution in [0.3, 0.4) is 0 Å². The quantitative estimate of drug-likeness (QED) is 0.924. The Kier molecular flexibility index (Phi) is 3.60. The molecule has 3 heterocycles. The van der Waals surface area contributed by atoms with Crippen molar-refractivity contribution in [3.63, 3.8) is 0 Å². The van der Waals surface area contributed by atoms with Crippen LogP contribution in [-0.4, -0.2) is 27.9 Å². The van der Waals surface area contributed by atoms with Crippen molar-refractivity contribution >= 4 is 11.5 Å². The zero-order valence-corrected chi connectivity index (χ0v) is 13.7. The molecule has 0 radical (unpaired) electrons. The molecule has 1 aromatic carbocycles. The minimum atomic E-state index is -0.170. The number of pyridine rings is 1. The molecule has 24 heavy (non-hydrogen) atoms. The number of fused-ring (bicyclic) bond motifs is 2. The van der Waals surface area contributed by atoms with Gasteiger partial charge in [0.2, 0.25) is 0 Å². The number of hydrogen-bond acceptors (Lipinski definition) is 2. The summed E-state index contributed by atoms with van der Waals surface area (Å²) in [6, 6.07) is 10.6. The third-order valence-corrected chi connectivity index (χ3v) is 5.14. The van der Waals surface area contributed by atoms with Crippen molar-refractivity contribution in [2.75, 3.05) is 0 Å². The fourth-order valence-electron chi connectivity index (χ4n) is 3.90. The first-order chi connectivity index (χ1) is 11.6. The van der Waals surface area contributed by atoms with Gasteiger partial charge in [-0.15, -0.1) is 0 Å². The fourth-order valence-corrected chi connectivity index (χ4v) is 3.90. The van der Waals surface area contributed by atoms with Gasteiger partial charge in [-0.3, -0.25) is 9.59 Å². The normalized spacial score (nSPS) is 22.4. The number of nitrogens with one attached hydrogen (secondary N) is 1. The summed E-state index contributed by atoms with van der Waals surface area (Å²) in [4.78, 5) is 30.1. The van der Waals surface area contributed by atoms with Gasteiger partial charge in [0, 0.05) is 24.0 Å². The van der Waals surface area contributed by atoms with Crippen LogP contribution in [0.2, 0.25) is 0 Å². The van der Waals surface area contributed by atoms with Gasteiger partial charge in [-0.25, -0.2) is 0 Å². The summed E-state index contributed by atoms with van der Waals surface area (Å²) in [5.74, 6) is -0.143. The maximum absolute atomic E-state index is 13.0. The van der Waals surface area contributed by atoms with Gasteiger partial charge in [0.15, 0.2) is 5.43 Å². The molecule has 2 aliphatic heterocycles. The van der Waals surface area contributed by atoms with Gasteiger partial charge in [-0.2, -0.15) is 0 Å². The predicted molar refractivity (Wildman–Crippen MR) is 93.8 cm³/mol. The molecule has 122 valence electrons. The molecule has 4 heteroatoms. The second-order valence-electron chi connectivity index (χ2n) is 6.65. The van der Waals surface area contributed by atoms with Crippen LogP contribution in [0, 0.1) is 6.92 Å². The smallest absolute Gasteiger partial charge is 0.260 e. The van der Waals surface area contributed by atoms with Gasteiger partial charge in [-0.05, 0) is 37.3 Å². The van der Waals surface area contributed by atoms with Gasteiger partial charge in [0.1, 0.15) is 5.56 Å². The van der Waals surface area contributed by atoms with E-state index in [0.29, 0.717) is 5.56 Å². The number of aromatic nitrogens is 1. The molecule has 2 atom stereocenters. The summed E-state index contributed by atoms with van der Waals surface area (Å²) < 4.78 is 0. The van der Waals surface area contributed by atoms with Gasteiger partial charge >= 0.3 is 0 Å². The van der Waals surface area contributed by atoms with E-state index in [0.717, 1.165) is 19.3 Å². The number of nitrogens with zero attached hydrogens (tertiary/aromatic N) is 1. The van der Waals surface area contributed by atoms with E-state index in [9.17, 15) is 9.59 Å². The maximum atomic E-state index is 13.0. The van der Waals surface area contributed by atoms with Crippen LogP contribution >= 0.6 is 0 Å². The molecule has 2 aliphatic rings. The van der Waals surface area contributed by atoms with Crippen LogP contribution in [0.4, 0.5) is 0 Å². The fraction of sp³-hybridized carbons (Fsp3) is 0.300. The highest BCUT2D eigenvalue weighted by Crippen LogP contribution is 2.39. The van der Waals surface area contributed by atoms with E-state index in [-0.39, 0.29) is 29.0 Å². The van der Waals surface area contributed by atoms with Gasteiger partial charge < -0.3 is 9.88 Å². The number of carbonyl (C=O) groups is 1. The highest BCUT2D eigenvalue weighted by Gasteiger charge is 2.40. The molecule has 2 bridgehead atoms. The third-order valence-electron chi connectivity index (χ3n) is 5.14. The van der Waals surface area contributed by atoms with Crippen LogP contribution in [0.25, 0.3) is 5.57 Å². The summed E-state index contributed by atoms with van der Waals surface area (Å²) in [6.07, 6.45) is 8.20. The van der Waals surface area contributed by atoms with Crippen LogP contribution in [0.1, 0.15) is 40.7 Å². The van der Waals surface area contributed by atoms with Crippen molar-refractivity contribution in [2.24, 2.45) is 0 Å². The first-order valence-electron chi connectivity index (χ1n) is 8.41. The van der Waals surface area contributed by atoms with E-state index in [1.165, 1.54) is 17.3 Å². The lowest BCUT2D eigenvalue weighted by atomic mass is 9.94. The molecule has 0 saturated carbocycles. The highest BCUT2D eigenvalue weighted by molar-refractivity contribution is 5.95. The summed E-state index contributed by atoms with van der Waals surface area (Å²) in [5, 5.41) is 0. The van der Waals surface area contributed by atoms with E-state index in [1.54, 1.807) is 13.1 Å². The first kappa shape index (κ1) is 14.9. The molecule has 1 saturated heterocycles. The Morgan fingerprint density at radius 2 is 1.96 bits per heavy atom. The number of H-pyrrole nitrogens is 1. The number of benzene rings is 1. The number of aromatic amines is 1. The van der Waals surface area contributed by atoms with Crippen molar-refractivity contribution in [2.45, 2.75) is 38.3 Å². The SMILES string of the molecule is Cc1c[nH]cc(C(=O)N2C3C=C(c4ccccc4)CC2CC3)c1=O. The third kappa shape index (κ3) is 2.39. The van der Waals surface area contributed by atoms with Crippen LogP contribution in [0.5, 0.6) is 0 Å². The van der Waals surface area contributed by atoms with Crippen molar-refractivity contribution in [1.82, 2.24) is 9.88 Å². The molecule has 2 aromatic rings. The zero-order valence-electron chi connectivity index (χ0n) is 13.7. The Hall–Kier alpha value is -2.62. The Morgan fingerprint density at radius 3 is 2.71 bits per heavy atom. The lowest BCUT2D eigenvalue weighted by Crippen LogP contribution is -2.44. The van der Waals surface area contributed by atoms with E-state index in [2.05, 4.69) is 23.2 Å². The summed E-state index contributed by atoms with van der Waals surface area (Å²) in [7, 11) is 0. The molecule has 1 aromatic heterocycles. The lowest BCUT2D eigenvalue weighted by Gasteiger charge is -2.34. The summed E-state index contributed by atoms with van der Waals surface area (Å²) >= 11 is 0. The van der Waals surface area contributed by atoms with Gasteiger partial charge in [0.25, 0.3) is 5.91 Å². The number of aryl methyl sites for hydroxylation is 1. The molecule has 4 nitrogen and oxygen atoms in total. The number of rotatable bonds is 2. The number of carbonyl (C=O) groups excluding carboxylic acids is 1. The molecule has 1 fully saturated rings. The summed E-state index contributed by atoms with van der Waals surface area (Å²) in [5.41, 5.74) is 3.20. The maximum Gasteiger partial charge on any atom is 0.260 e. The van der Waals surface area contributed by atoms with E-state index in [1.807, 2.05) is 23.1 Å². The molecule has 1 amide bonds. The Balaban J connectivity index is 1.67. The van der Waals surface area contributed by atoms with E-state index >= 15 is 0 Å². The molecule has 4 rings (SSSR count). The zero-order chi connectivity index (χ0) is 16.7. The average molecular weight is 320 g/mol. The van der Waals surface area contributed by atoms with Crippen LogP contribution in [-0.2, 0) is 0 Å². The standard InChI is InChI=1S/C20H20N2O2/c1-13-11-21-12-18(19(13)23)20(24)22-16-7-8-17(22)10-15(9-16)14-5-3-2-4-6-14/h2-6,9,11-12,16-17H,7-8,10H2,1H3,(H,21,23). The topological polar surface area (TPSA) is 53.2 Å². The minimum Gasteiger partial charge on any atom is -0.366 e. The van der Waals surface area contributed by atoms with Crippen molar-refractivity contribution in [3.05, 3.63) is 75.7 Å². The van der Waals surface area contributed by atoms with Crippen LogP contribution < -0.4 is 5.43 Å². The van der Waals surface area contributed by atoms with E-state index < -0.39 is 0 Å².